The third-order valence-corrected chi connectivity index (χ3v) is 2.15. The molecule has 7 nitrogen and oxygen atoms in total. The standard InChI is InChI=1S/C8H14NO6/c1-3(11)9-5-7(13)6(12)4(2-10)15-8(5)14/h4-7,10,12-14H,2H2,1H3,(H,9,11)/t4-,5-,6-,7-/m1/s1/i8+1,9+1. The Morgan fingerprint density at radius 2 is 2.07 bits per heavy atom. The molecule has 0 aromatic heterocycles. The van der Waals surface area contributed by atoms with E-state index >= 15 is 0 Å². The zero-order valence-corrected chi connectivity index (χ0v) is 8.12. The fourth-order valence-electron chi connectivity index (χ4n) is 1.37. The molecular weight excluding hydrogens is 208 g/mol. The second-order valence-corrected chi connectivity index (χ2v) is 3.34. The molecule has 1 radical (unpaired) electrons. The molecule has 15 heavy (non-hydrogen) atoms. The number of nitrogens with one attached hydrogen (secondary N) is 1. The number of hydrogen-bond acceptors (Lipinski definition) is 6. The Kier molecular flexibility index (Phi) is 4.00. The molecule has 0 bridgehead atoms. The van der Waals surface area contributed by atoms with Crippen molar-refractivity contribution in [2.45, 2.75) is 31.3 Å². The number of carbonyl (C=O) groups excluding carboxylic acids is 1. The molecule has 5 N–H and O–H groups in total. The first-order chi connectivity index (χ1) is 6.97. The van der Waals surface area contributed by atoms with Crippen LogP contribution in [0.2, 0.25) is 0 Å². The van der Waals surface area contributed by atoms with Gasteiger partial charge in [-0.25, -0.2) is 0 Å². The molecule has 1 amide bonds. The fourth-order valence-corrected chi connectivity index (χ4v) is 1.37. The molecule has 1 aliphatic heterocycles. The number of rotatable bonds is 2. The Morgan fingerprint density at radius 1 is 1.47 bits per heavy atom. The lowest BCUT2D eigenvalue weighted by atomic mass is 10.0. The van der Waals surface area contributed by atoms with Crippen LogP contribution >= 0.6 is 0 Å². The van der Waals surface area contributed by atoms with E-state index in [2.05, 4.69) is 5.32 Å². The average Bonchev–Trinajstić information content (AvgIpc) is 2.18. The van der Waals surface area contributed by atoms with Gasteiger partial charge < -0.3 is 30.5 Å². The molecule has 4 atom stereocenters. The van der Waals surface area contributed by atoms with Crippen LogP contribution in [-0.4, -0.2) is 57.3 Å². The van der Waals surface area contributed by atoms with E-state index in [1.807, 2.05) is 0 Å². The maximum atomic E-state index is 10.7. The first-order valence-corrected chi connectivity index (χ1v) is 4.44. The Morgan fingerprint density at radius 3 is 2.53 bits per heavy atom. The molecule has 1 rings (SSSR count). The lowest BCUT2D eigenvalue weighted by Gasteiger charge is -2.39. The topological polar surface area (TPSA) is 119 Å². The highest BCUT2D eigenvalue weighted by molar-refractivity contribution is 5.73. The van der Waals surface area contributed by atoms with Crippen molar-refractivity contribution in [3.8, 4) is 0 Å². The normalized spacial score (nSPS) is 37.7. The summed E-state index contributed by atoms with van der Waals surface area (Å²) in [5.74, 6) is -0.483. The van der Waals surface area contributed by atoms with Crippen molar-refractivity contribution in [1.82, 2.24) is 5.32 Å². The van der Waals surface area contributed by atoms with Gasteiger partial charge in [0.15, 0.2) is 0 Å². The number of carbonyl (C=O) groups is 1. The van der Waals surface area contributed by atoms with Crippen LogP contribution in [0.25, 0.3) is 0 Å². The number of aliphatic hydroxyl groups excluding tert-OH is 4. The Labute approximate surface area is 86.3 Å². The van der Waals surface area contributed by atoms with Gasteiger partial charge in [-0.1, -0.05) is 0 Å². The summed E-state index contributed by atoms with van der Waals surface area (Å²) in [4.78, 5) is 10.7. The van der Waals surface area contributed by atoms with E-state index in [0.717, 1.165) is 0 Å². The van der Waals surface area contributed by atoms with Gasteiger partial charge in [0, 0.05) is 6.92 Å². The van der Waals surface area contributed by atoms with E-state index in [-0.39, 0.29) is 0 Å². The van der Waals surface area contributed by atoms with Crippen LogP contribution in [0, 0.1) is 6.29 Å². The number of ether oxygens (including phenoxy) is 1. The summed E-state index contributed by atoms with van der Waals surface area (Å²) in [5, 5.41) is 39.2. The van der Waals surface area contributed by atoms with Crippen LogP contribution in [0.1, 0.15) is 6.92 Å². The first kappa shape index (κ1) is 12.3. The van der Waals surface area contributed by atoms with Gasteiger partial charge in [0.05, 0.1) is 6.61 Å². The molecular formula is C8H14NO6. The zero-order valence-electron chi connectivity index (χ0n) is 8.12. The molecule has 87 valence electrons. The highest BCUT2D eigenvalue weighted by Gasteiger charge is 2.45. The van der Waals surface area contributed by atoms with Crippen LogP contribution < -0.4 is 5.32 Å². The van der Waals surface area contributed by atoms with Crippen molar-refractivity contribution < 1.29 is 30.0 Å². The second kappa shape index (κ2) is 4.86. The smallest absolute Gasteiger partial charge is 0.247 e. The van der Waals surface area contributed by atoms with Gasteiger partial charge in [0.25, 0.3) is 0 Å². The van der Waals surface area contributed by atoms with E-state index in [0.29, 0.717) is 0 Å². The quantitative estimate of drug-likeness (QED) is 0.259. The fraction of sp³-hybridized carbons (Fsp3) is 0.750. The monoisotopic (exact) mass is 222 g/mol. The van der Waals surface area contributed by atoms with E-state index < -0.39 is 43.2 Å². The maximum Gasteiger partial charge on any atom is 0.247 e. The van der Waals surface area contributed by atoms with Crippen molar-refractivity contribution in [3.63, 3.8) is 0 Å². The van der Waals surface area contributed by atoms with Gasteiger partial charge in [-0.05, 0) is 0 Å². The van der Waals surface area contributed by atoms with E-state index in [1.165, 1.54) is 6.92 Å². The Balaban J connectivity index is 2.70. The van der Waals surface area contributed by atoms with Gasteiger partial charge in [-0.2, -0.15) is 0 Å². The van der Waals surface area contributed by atoms with Crippen molar-refractivity contribution in [2.24, 2.45) is 0 Å². The molecule has 0 aromatic rings. The minimum atomic E-state index is -1.42. The van der Waals surface area contributed by atoms with Crippen LogP contribution in [-0.2, 0) is 9.53 Å². The molecule has 1 heterocycles. The predicted octanol–water partition coefficient (Wildman–Crippen LogP) is -2.53. The molecule has 0 aliphatic carbocycles. The number of hydrogen-bond donors (Lipinski definition) is 5. The number of aliphatic hydroxyl groups is 4. The largest absolute Gasteiger partial charge is 0.394 e. The summed E-state index contributed by atoms with van der Waals surface area (Å²) in [6.07, 6.45) is -4.50. The molecule has 0 saturated carbocycles. The van der Waals surface area contributed by atoms with Crippen molar-refractivity contribution >= 4 is 5.91 Å². The Bertz CT molecular complexity index is 235. The van der Waals surface area contributed by atoms with Crippen LogP contribution in [0.5, 0.6) is 0 Å². The van der Waals surface area contributed by atoms with Crippen LogP contribution in [0.15, 0.2) is 0 Å². The summed E-state index contributed by atoms with van der Waals surface area (Å²) >= 11 is 0. The summed E-state index contributed by atoms with van der Waals surface area (Å²) in [5.41, 5.74) is 0. The highest BCUT2D eigenvalue weighted by atomic mass is 16.7. The number of amides is 1. The van der Waals surface area contributed by atoms with E-state index in [1.54, 1.807) is 0 Å². The van der Waals surface area contributed by atoms with Gasteiger partial charge >= 0.3 is 0 Å². The summed E-state index contributed by atoms with van der Waals surface area (Å²) in [7, 11) is 0. The maximum absolute atomic E-state index is 10.7. The van der Waals surface area contributed by atoms with Crippen molar-refractivity contribution in [2.75, 3.05) is 6.61 Å². The average molecular weight is 222 g/mol. The third-order valence-electron chi connectivity index (χ3n) is 2.15. The van der Waals surface area contributed by atoms with Crippen LogP contribution in [0.4, 0.5) is 0 Å². The minimum absolute atomic E-state index is 0.483. The van der Waals surface area contributed by atoms with Gasteiger partial charge in [0.2, 0.25) is 12.2 Å². The molecule has 1 saturated heterocycles. The van der Waals surface area contributed by atoms with Crippen molar-refractivity contribution in [1.29, 1.82) is 0 Å². The molecule has 1 fully saturated rings. The lowest BCUT2D eigenvalue weighted by Crippen LogP contribution is -2.60. The lowest BCUT2D eigenvalue weighted by molar-refractivity contribution is -0.198. The third kappa shape index (κ3) is 2.64. The van der Waals surface area contributed by atoms with Gasteiger partial charge in [0.1, 0.15) is 24.4 Å². The minimum Gasteiger partial charge on any atom is -0.394 e. The molecule has 7 heteroatoms. The van der Waals surface area contributed by atoms with Crippen molar-refractivity contribution in [3.05, 3.63) is 6.29 Å². The predicted molar refractivity (Wildman–Crippen MR) is 46.8 cm³/mol. The van der Waals surface area contributed by atoms with Gasteiger partial charge in [-0.3, -0.25) is 4.79 Å². The molecule has 1 aliphatic rings. The Hall–Kier alpha value is -0.730. The molecule has 0 spiro atoms. The second-order valence-electron chi connectivity index (χ2n) is 3.34. The molecule has 0 aromatic carbocycles. The first-order valence-electron chi connectivity index (χ1n) is 4.44. The van der Waals surface area contributed by atoms with E-state index in [4.69, 9.17) is 9.84 Å². The summed E-state index contributed by atoms with van der Waals surface area (Å²) < 4.78 is 4.73. The SMILES string of the molecule is CC(=O)[15NH][C@@H]1[C@@H](O)[C@H](O)[C@@H](CO)O[13C]1O. The molecule has 0 unspecified atom stereocenters. The summed E-state index contributed by atoms with van der Waals surface area (Å²) in [6.45, 7) is 0.652. The van der Waals surface area contributed by atoms with E-state index in [9.17, 15) is 20.1 Å². The summed E-state index contributed by atoms with van der Waals surface area (Å²) in [6, 6.07) is -1.18. The van der Waals surface area contributed by atoms with Gasteiger partial charge in [-0.15, -0.1) is 0 Å². The highest BCUT2D eigenvalue weighted by Crippen LogP contribution is 2.23. The zero-order chi connectivity index (χ0) is 11.6. The van der Waals surface area contributed by atoms with Crippen LogP contribution in [0.3, 0.4) is 0 Å².